The number of anilines is 1. The fourth-order valence-electron chi connectivity index (χ4n) is 2.33. The zero-order chi connectivity index (χ0) is 16.2. The summed E-state index contributed by atoms with van der Waals surface area (Å²) < 4.78 is 5.91. The monoisotopic (exact) mass is 303 g/mol. The summed E-state index contributed by atoms with van der Waals surface area (Å²) in [6.45, 7) is 1.92. The number of nitrogen functional groups attached to an aromatic ring is 1. The van der Waals surface area contributed by atoms with Gasteiger partial charge < -0.3 is 10.5 Å². The van der Waals surface area contributed by atoms with E-state index in [9.17, 15) is 4.79 Å². The summed E-state index contributed by atoms with van der Waals surface area (Å²) >= 11 is 0. The maximum Gasteiger partial charge on any atom is 0.196 e. The van der Waals surface area contributed by atoms with Crippen LogP contribution in [-0.4, -0.2) is 5.78 Å². The standard InChI is InChI=1S/C20H17NO2/c1-14-13-16(11-12-18(14)21)23-19-10-6-5-9-17(19)20(22)15-7-3-2-4-8-15/h2-13H,21H2,1H3. The molecule has 0 saturated carbocycles. The number of hydrogen-bond acceptors (Lipinski definition) is 3. The molecule has 0 radical (unpaired) electrons. The first-order chi connectivity index (χ1) is 11.1. The van der Waals surface area contributed by atoms with Crippen molar-refractivity contribution in [1.82, 2.24) is 0 Å². The zero-order valence-corrected chi connectivity index (χ0v) is 12.8. The van der Waals surface area contributed by atoms with E-state index in [0.717, 1.165) is 5.56 Å². The molecule has 3 rings (SSSR count). The number of ether oxygens (including phenoxy) is 1. The Hall–Kier alpha value is -3.07. The van der Waals surface area contributed by atoms with Crippen LogP contribution in [0.5, 0.6) is 11.5 Å². The van der Waals surface area contributed by atoms with E-state index in [4.69, 9.17) is 10.5 Å². The first-order valence-electron chi connectivity index (χ1n) is 7.38. The van der Waals surface area contributed by atoms with Crippen molar-refractivity contribution >= 4 is 11.5 Å². The number of nitrogens with two attached hydrogens (primary N) is 1. The van der Waals surface area contributed by atoms with Crippen molar-refractivity contribution in [2.75, 3.05) is 5.73 Å². The second kappa shape index (κ2) is 6.36. The summed E-state index contributed by atoms with van der Waals surface area (Å²) in [5.41, 5.74) is 8.65. The quantitative estimate of drug-likeness (QED) is 0.566. The maximum atomic E-state index is 12.7. The van der Waals surface area contributed by atoms with Crippen LogP contribution in [-0.2, 0) is 0 Å². The molecule has 0 spiro atoms. The van der Waals surface area contributed by atoms with E-state index in [1.54, 1.807) is 36.4 Å². The Labute approximate surface area is 135 Å². The zero-order valence-electron chi connectivity index (χ0n) is 12.8. The van der Waals surface area contributed by atoms with E-state index in [0.29, 0.717) is 28.3 Å². The van der Waals surface area contributed by atoms with Gasteiger partial charge in [0.2, 0.25) is 0 Å². The molecule has 3 nitrogen and oxygen atoms in total. The van der Waals surface area contributed by atoms with Crippen molar-refractivity contribution in [2.45, 2.75) is 6.92 Å². The molecule has 0 aliphatic rings. The molecule has 0 aliphatic carbocycles. The van der Waals surface area contributed by atoms with Crippen molar-refractivity contribution in [3.05, 3.63) is 89.5 Å². The molecule has 0 bridgehead atoms. The first kappa shape index (κ1) is 14.9. The van der Waals surface area contributed by atoms with Crippen molar-refractivity contribution in [2.24, 2.45) is 0 Å². The molecule has 0 aliphatic heterocycles. The highest BCUT2D eigenvalue weighted by Gasteiger charge is 2.14. The van der Waals surface area contributed by atoms with Crippen LogP contribution in [0, 0.1) is 6.92 Å². The van der Waals surface area contributed by atoms with Crippen LogP contribution in [0.2, 0.25) is 0 Å². The second-order valence-electron chi connectivity index (χ2n) is 5.31. The summed E-state index contributed by atoms with van der Waals surface area (Å²) in [6, 6.07) is 21.9. The normalized spacial score (nSPS) is 10.3. The Kier molecular flexibility index (Phi) is 4.11. The molecule has 0 unspecified atom stereocenters. The van der Waals surface area contributed by atoms with Gasteiger partial charge in [-0.2, -0.15) is 0 Å². The summed E-state index contributed by atoms with van der Waals surface area (Å²) in [5.74, 6) is 1.13. The molecule has 2 N–H and O–H groups in total. The van der Waals surface area contributed by atoms with Crippen molar-refractivity contribution in [1.29, 1.82) is 0 Å². The predicted octanol–water partition coefficient (Wildman–Crippen LogP) is 4.60. The number of hydrogen-bond donors (Lipinski definition) is 1. The summed E-state index contributed by atoms with van der Waals surface area (Å²) in [7, 11) is 0. The minimum Gasteiger partial charge on any atom is -0.457 e. The number of benzene rings is 3. The average molecular weight is 303 g/mol. The predicted molar refractivity (Wildman–Crippen MR) is 92.0 cm³/mol. The Bertz CT molecular complexity index is 841. The SMILES string of the molecule is Cc1cc(Oc2ccccc2C(=O)c2ccccc2)ccc1N. The molecule has 0 heterocycles. The number of aryl methyl sites for hydroxylation is 1. The molecule has 3 aromatic carbocycles. The highest BCUT2D eigenvalue weighted by atomic mass is 16.5. The molecule has 0 amide bonds. The lowest BCUT2D eigenvalue weighted by Gasteiger charge is -2.11. The van der Waals surface area contributed by atoms with Crippen LogP contribution in [0.3, 0.4) is 0 Å². The van der Waals surface area contributed by atoms with Gasteiger partial charge >= 0.3 is 0 Å². The summed E-state index contributed by atoms with van der Waals surface area (Å²) in [4.78, 5) is 12.7. The second-order valence-corrected chi connectivity index (χ2v) is 5.31. The largest absolute Gasteiger partial charge is 0.457 e. The van der Waals surface area contributed by atoms with Crippen LogP contribution in [0.25, 0.3) is 0 Å². The Morgan fingerprint density at radius 2 is 1.61 bits per heavy atom. The summed E-state index contributed by atoms with van der Waals surface area (Å²) in [6.07, 6.45) is 0. The van der Waals surface area contributed by atoms with Gasteiger partial charge in [0, 0.05) is 11.3 Å². The molecule has 0 fully saturated rings. The van der Waals surface area contributed by atoms with Crippen molar-refractivity contribution in [3.63, 3.8) is 0 Å². The molecular formula is C20H17NO2. The van der Waals surface area contributed by atoms with Gasteiger partial charge in [0.25, 0.3) is 0 Å². The van der Waals surface area contributed by atoms with E-state index < -0.39 is 0 Å². The molecule has 0 saturated heterocycles. The van der Waals surface area contributed by atoms with Crippen molar-refractivity contribution in [3.8, 4) is 11.5 Å². The molecular weight excluding hydrogens is 286 g/mol. The fourth-order valence-corrected chi connectivity index (χ4v) is 2.33. The van der Waals surface area contributed by atoms with E-state index in [1.807, 2.05) is 43.3 Å². The Morgan fingerprint density at radius 3 is 2.35 bits per heavy atom. The maximum absolute atomic E-state index is 12.7. The van der Waals surface area contributed by atoms with Gasteiger partial charge in [0.15, 0.2) is 5.78 Å². The fraction of sp³-hybridized carbons (Fsp3) is 0.0500. The third kappa shape index (κ3) is 3.24. The van der Waals surface area contributed by atoms with Crippen molar-refractivity contribution < 1.29 is 9.53 Å². The topological polar surface area (TPSA) is 52.3 Å². The lowest BCUT2D eigenvalue weighted by atomic mass is 10.0. The van der Waals surface area contributed by atoms with E-state index >= 15 is 0 Å². The lowest BCUT2D eigenvalue weighted by molar-refractivity contribution is 0.103. The van der Waals surface area contributed by atoms with Gasteiger partial charge in [-0.05, 0) is 42.8 Å². The number of carbonyl (C=O) groups is 1. The first-order valence-corrected chi connectivity index (χ1v) is 7.38. The van der Waals surface area contributed by atoms with Gasteiger partial charge in [0.1, 0.15) is 11.5 Å². The van der Waals surface area contributed by atoms with Crippen LogP contribution in [0.1, 0.15) is 21.5 Å². The van der Waals surface area contributed by atoms with Crippen LogP contribution in [0.4, 0.5) is 5.69 Å². The smallest absolute Gasteiger partial charge is 0.196 e. The van der Waals surface area contributed by atoms with E-state index in [2.05, 4.69) is 0 Å². The average Bonchev–Trinajstić information content (AvgIpc) is 2.59. The Balaban J connectivity index is 1.95. The van der Waals surface area contributed by atoms with Gasteiger partial charge in [0.05, 0.1) is 5.56 Å². The highest BCUT2D eigenvalue weighted by molar-refractivity contribution is 6.10. The number of para-hydroxylation sites is 1. The molecule has 23 heavy (non-hydrogen) atoms. The number of rotatable bonds is 4. The van der Waals surface area contributed by atoms with E-state index in [-0.39, 0.29) is 5.78 Å². The molecule has 3 heteroatoms. The van der Waals surface area contributed by atoms with Gasteiger partial charge in [-0.15, -0.1) is 0 Å². The van der Waals surface area contributed by atoms with Gasteiger partial charge in [-0.3, -0.25) is 4.79 Å². The molecule has 0 atom stereocenters. The van der Waals surface area contributed by atoms with Crippen LogP contribution in [0.15, 0.2) is 72.8 Å². The van der Waals surface area contributed by atoms with Gasteiger partial charge in [-0.1, -0.05) is 42.5 Å². The van der Waals surface area contributed by atoms with Crippen LogP contribution >= 0.6 is 0 Å². The molecule has 114 valence electrons. The van der Waals surface area contributed by atoms with Gasteiger partial charge in [-0.25, -0.2) is 0 Å². The summed E-state index contributed by atoms with van der Waals surface area (Å²) in [5, 5.41) is 0. The highest BCUT2D eigenvalue weighted by Crippen LogP contribution is 2.28. The third-order valence-electron chi connectivity index (χ3n) is 3.64. The third-order valence-corrected chi connectivity index (χ3v) is 3.64. The number of ketones is 1. The molecule has 3 aromatic rings. The minimum atomic E-state index is -0.0617. The molecule has 0 aromatic heterocycles. The van der Waals surface area contributed by atoms with E-state index in [1.165, 1.54) is 0 Å². The lowest BCUT2D eigenvalue weighted by Crippen LogP contribution is -2.03. The van der Waals surface area contributed by atoms with Crippen LogP contribution < -0.4 is 10.5 Å². The number of carbonyl (C=O) groups excluding carboxylic acids is 1. The minimum absolute atomic E-state index is 0.0617. The Morgan fingerprint density at radius 1 is 0.913 bits per heavy atom.